The lowest BCUT2D eigenvalue weighted by molar-refractivity contribution is 0.102. The fourth-order valence-electron chi connectivity index (χ4n) is 2.95. The van der Waals surface area contributed by atoms with Gasteiger partial charge in [0.25, 0.3) is 5.91 Å². The molecule has 3 rings (SSSR count). The first-order valence-electron chi connectivity index (χ1n) is 9.50. The van der Waals surface area contributed by atoms with E-state index in [-0.39, 0.29) is 5.91 Å². The SMILES string of the molecule is CCCCCCCc1ccc(NC(=O)c2ccc(-c3nn[nH]n3)cc2)cc1. The van der Waals surface area contributed by atoms with Crippen LogP contribution >= 0.6 is 0 Å². The summed E-state index contributed by atoms with van der Waals surface area (Å²) < 4.78 is 0. The molecule has 6 heteroatoms. The first-order valence-corrected chi connectivity index (χ1v) is 9.50. The number of benzene rings is 2. The molecule has 0 radical (unpaired) electrons. The van der Waals surface area contributed by atoms with Crippen molar-refractivity contribution in [3.63, 3.8) is 0 Å². The largest absolute Gasteiger partial charge is 0.322 e. The molecule has 1 heterocycles. The molecule has 0 aliphatic rings. The van der Waals surface area contributed by atoms with E-state index in [2.05, 4.69) is 45.0 Å². The van der Waals surface area contributed by atoms with Crippen molar-refractivity contribution in [3.05, 3.63) is 59.7 Å². The number of H-pyrrole nitrogens is 1. The van der Waals surface area contributed by atoms with Gasteiger partial charge in [-0.05, 0) is 47.9 Å². The predicted molar refractivity (Wildman–Crippen MR) is 106 cm³/mol. The Morgan fingerprint density at radius 3 is 2.37 bits per heavy atom. The van der Waals surface area contributed by atoms with Gasteiger partial charge in [-0.3, -0.25) is 4.79 Å². The fourth-order valence-corrected chi connectivity index (χ4v) is 2.95. The van der Waals surface area contributed by atoms with Crippen molar-refractivity contribution in [2.24, 2.45) is 0 Å². The first-order chi connectivity index (χ1) is 13.3. The highest BCUT2D eigenvalue weighted by atomic mass is 16.1. The van der Waals surface area contributed by atoms with Crippen molar-refractivity contribution in [2.45, 2.75) is 45.4 Å². The molecule has 0 spiro atoms. The standard InChI is InChI=1S/C21H25N5O/c1-2-3-4-5-6-7-16-8-14-19(15-9-16)22-21(27)18-12-10-17(11-13-18)20-23-25-26-24-20/h8-15H,2-7H2,1H3,(H,22,27)(H,23,24,25,26). The number of hydrogen-bond acceptors (Lipinski definition) is 4. The second kappa shape index (κ2) is 9.62. The van der Waals surface area contributed by atoms with Gasteiger partial charge in [0.15, 0.2) is 0 Å². The number of aryl methyl sites for hydroxylation is 1. The Hall–Kier alpha value is -3.02. The van der Waals surface area contributed by atoms with Gasteiger partial charge in [-0.1, -0.05) is 56.9 Å². The molecule has 0 bridgehead atoms. The number of amides is 1. The van der Waals surface area contributed by atoms with Crippen LogP contribution < -0.4 is 5.32 Å². The molecule has 2 N–H and O–H groups in total. The third-order valence-corrected chi connectivity index (χ3v) is 4.53. The lowest BCUT2D eigenvalue weighted by Gasteiger charge is -2.07. The van der Waals surface area contributed by atoms with E-state index in [9.17, 15) is 4.79 Å². The molecule has 0 saturated heterocycles. The minimum Gasteiger partial charge on any atom is -0.322 e. The van der Waals surface area contributed by atoms with Crippen LogP contribution in [0.15, 0.2) is 48.5 Å². The summed E-state index contributed by atoms with van der Waals surface area (Å²) in [5.74, 6) is 0.370. The Labute approximate surface area is 159 Å². The number of rotatable bonds is 9. The van der Waals surface area contributed by atoms with Gasteiger partial charge in [-0.2, -0.15) is 5.21 Å². The van der Waals surface area contributed by atoms with Gasteiger partial charge in [0.2, 0.25) is 5.82 Å². The van der Waals surface area contributed by atoms with Gasteiger partial charge in [-0.15, -0.1) is 10.2 Å². The van der Waals surface area contributed by atoms with Crippen LogP contribution in [0.25, 0.3) is 11.4 Å². The van der Waals surface area contributed by atoms with Crippen LogP contribution in [-0.2, 0) is 6.42 Å². The Kier molecular flexibility index (Phi) is 6.68. The monoisotopic (exact) mass is 363 g/mol. The Bertz CT molecular complexity index is 826. The highest BCUT2D eigenvalue weighted by Crippen LogP contribution is 2.17. The Morgan fingerprint density at radius 1 is 0.963 bits per heavy atom. The number of carbonyl (C=O) groups excluding carboxylic acids is 1. The van der Waals surface area contributed by atoms with Crippen LogP contribution in [0, 0.1) is 0 Å². The summed E-state index contributed by atoms with van der Waals surface area (Å²) in [5, 5.41) is 16.7. The van der Waals surface area contributed by atoms with Crippen molar-refractivity contribution >= 4 is 11.6 Å². The molecule has 0 aliphatic carbocycles. The van der Waals surface area contributed by atoms with E-state index in [0.717, 1.165) is 17.7 Å². The molecule has 0 unspecified atom stereocenters. The Morgan fingerprint density at radius 2 is 1.70 bits per heavy atom. The van der Waals surface area contributed by atoms with E-state index in [1.807, 2.05) is 12.1 Å². The van der Waals surface area contributed by atoms with E-state index in [1.54, 1.807) is 24.3 Å². The molecule has 0 fully saturated rings. The summed E-state index contributed by atoms with van der Waals surface area (Å²) in [4.78, 5) is 12.4. The zero-order chi connectivity index (χ0) is 18.9. The summed E-state index contributed by atoms with van der Waals surface area (Å²) >= 11 is 0. The summed E-state index contributed by atoms with van der Waals surface area (Å²) in [5.41, 5.74) is 3.51. The number of carbonyl (C=O) groups is 1. The van der Waals surface area contributed by atoms with E-state index < -0.39 is 0 Å². The van der Waals surface area contributed by atoms with E-state index in [1.165, 1.54) is 37.7 Å². The van der Waals surface area contributed by atoms with Gasteiger partial charge in [-0.25, -0.2) is 0 Å². The molecule has 27 heavy (non-hydrogen) atoms. The third-order valence-electron chi connectivity index (χ3n) is 4.53. The quantitative estimate of drug-likeness (QED) is 0.543. The van der Waals surface area contributed by atoms with E-state index in [4.69, 9.17) is 0 Å². The van der Waals surface area contributed by atoms with Gasteiger partial charge in [0.1, 0.15) is 0 Å². The highest BCUT2D eigenvalue weighted by Gasteiger charge is 2.08. The van der Waals surface area contributed by atoms with Crippen LogP contribution in [0.1, 0.15) is 54.9 Å². The number of aromatic nitrogens is 4. The molecular weight excluding hydrogens is 338 g/mol. The molecular formula is C21H25N5O. The average Bonchev–Trinajstić information content (AvgIpc) is 3.24. The normalized spacial score (nSPS) is 10.7. The predicted octanol–water partition coefficient (Wildman–Crippen LogP) is 4.63. The maximum Gasteiger partial charge on any atom is 0.255 e. The second-order valence-corrected chi connectivity index (χ2v) is 6.63. The van der Waals surface area contributed by atoms with Crippen molar-refractivity contribution in [1.29, 1.82) is 0 Å². The average molecular weight is 363 g/mol. The molecule has 0 aliphatic heterocycles. The number of nitrogens with one attached hydrogen (secondary N) is 2. The minimum absolute atomic E-state index is 0.137. The van der Waals surface area contributed by atoms with Crippen molar-refractivity contribution in [3.8, 4) is 11.4 Å². The molecule has 6 nitrogen and oxygen atoms in total. The summed E-state index contributed by atoms with van der Waals surface area (Å²) in [6.07, 6.45) is 7.51. The molecule has 1 aromatic heterocycles. The molecule has 1 amide bonds. The van der Waals surface area contributed by atoms with Crippen LogP contribution in [0.4, 0.5) is 5.69 Å². The Balaban J connectivity index is 1.51. The highest BCUT2D eigenvalue weighted by molar-refractivity contribution is 6.04. The van der Waals surface area contributed by atoms with Crippen LogP contribution in [0.2, 0.25) is 0 Å². The zero-order valence-corrected chi connectivity index (χ0v) is 15.6. The van der Waals surface area contributed by atoms with Gasteiger partial charge in [0, 0.05) is 16.8 Å². The molecule has 0 saturated carbocycles. The maximum absolute atomic E-state index is 12.4. The van der Waals surface area contributed by atoms with E-state index in [0.29, 0.717) is 11.4 Å². The van der Waals surface area contributed by atoms with Gasteiger partial charge in [0.05, 0.1) is 0 Å². The molecule has 0 atom stereocenters. The fraction of sp³-hybridized carbons (Fsp3) is 0.333. The van der Waals surface area contributed by atoms with Crippen LogP contribution in [0.5, 0.6) is 0 Å². The number of anilines is 1. The number of tetrazole rings is 1. The lowest BCUT2D eigenvalue weighted by atomic mass is 10.1. The number of hydrogen-bond donors (Lipinski definition) is 2. The third kappa shape index (κ3) is 5.48. The summed E-state index contributed by atoms with van der Waals surface area (Å²) in [6.45, 7) is 2.23. The molecule has 3 aromatic rings. The lowest BCUT2D eigenvalue weighted by Crippen LogP contribution is -2.11. The van der Waals surface area contributed by atoms with Crippen LogP contribution in [-0.4, -0.2) is 26.5 Å². The number of aromatic amines is 1. The summed E-state index contributed by atoms with van der Waals surface area (Å²) in [6, 6.07) is 15.2. The van der Waals surface area contributed by atoms with E-state index >= 15 is 0 Å². The topological polar surface area (TPSA) is 83.6 Å². The molecule has 140 valence electrons. The number of unbranched alkanes of at least 4 members (excludes halogenated alkanes) is 4. The van der Waals surface area contributed by atoms with Gasteiger partial charge < -0.3 is 5.32 Å². The smallest absolute Gasteiger partial charge is 0.255 e. The maximum atomic E-state index is 12.4. The van der Waals surface area contributed by atoms with Crippen molar-refractivity contribution in [2.75, 3.05) is 5.32 Å². The number of nitrogens with zero attached hydrogens (tertiary/aromatic N) is 3. The summed E-state index contributed by atoms with van der Waals surface area (Å²) in [7, 11) is 0. The van der Waals surface area contributed by atoms with Crippen molar-refractivity contribution < 1.29 is 4.79 Å². The van der Waals surface area contributed by atoms with Crippen molar-refractivity contribution in [1.82, 2.24) is 20.6 Å². The van der Waals surface area contributed by atoms with Crippen LogP contribution in [0.3, 0.4) is 0 Å². The minimum atomic E-state index is -0.137. The molecule has 2 aromatic carbocycles. The second-order valence-electron chi connectivity index (χ2n) is 6.63. The first kappa shape index (κ1) is 18.8. The zero-order valence-electron chi connectivity index (χ0n) is 15.6. The van der Waals surface area contributed by atoms with Gasteiger partial charge >= 0.3 is 0 Å².